The highest BCUT2D eigenvalue weighted by Gasteiger charge is 2.69. The molecule has 0 fully saturated rings. The molecule has 0 bridgehead atoms. The molecule has 0 saturated carbocycles. The summed E-state index contributed by atoms with van der Waals surface area (Å²) in [7, 11) is 0. The van der Waals surface area contributed by atoms with Crippen molar-refractivity contribution in [3.63, 3.8) is 0 Å². The van der Waals surface area contributed by atoms with Gasteiger partial charge in [-0.2, -0.15) is 30.7 Å². The van der Waals surface area contributed by atoms with Gasteiger partial charge in [-0.3, -0.25) is 0 Å². The average molecular weight is 348 g/mol. The standard InChI is InChI=1S/C6F12O3/c7-1(8)2(9)19-6(17,18)21-4(13,3(10,11)12)20-5(14,15)16. The van der Waals surface area contributed by atoms with Gasteiger partial charge in [0, 0.05) is 0 Å². The highest BCUT2D eigenvalue weighted by atomic mass is 19.4. The number of halogens is 12. The Bertz CT molecular complexity index is 393. The van der Waals surface area contributed by atoms with Crippen LogP contribution in [0.3, 0.4) is 0 Å². The lowest BCUT2D eigenvalue weighted by Crippen LogP contribution is -2.53. The van der Waals surface area contributed by atoms with Crippen LogP contribution >= 0.6 is 0 Å². The molecule has 0 spiro atoms. The van der Waals surface area contributed by atoms with Gasteiger partial charge in [0.15, 0.2) is 0 Å². The number of ether oxygens (including phenoxy) is 3. The van der Waals surface area contributed by atoms with Crippen molar-refractivity contribution in [2.24, 2.45) is 0 Å². The predicted octanol–water partition coefficient (Wildman–Crippen LogP) is 4.33. The lowest BCUT2D eigenvalue weighted by atomic mass is 10.5. The quantitative estimate of drug-likeness (QED) is 0.421. The van der Waals surface area contributed by atoms with Crippen molar-refractivity contribution in [1.29, 1.82) is 0 Å². The maximum Gasteiger partial charge on any atom is 0.541 e. The lowest BCUT2D eigenvalue weighted by Gasteiger charge is -2.30. The second-order valence-corrected chi connectivity index (χ2v) is 2.78. The minimum Gasteiger partial charge on any atom is -0.378 e. The van der Waals surface area contributed by atoms with Crippen LogP contribution in [0.25, 0.3) is 0 Å². The van der Waals surface area contributed by atoms with Gasteiger partial charge < -0.3 is 4.74 Å². The van der Waals surface area contributed by atoms with E-state index in [4.69, 9.17) is 0 Å². The molecule has 0 N–H and O–H groups in total. The highest BCUT2D eigenvalue weighted by molar-refractivity contribution is 4.81. The molecule has 0 aliphatic carbocycles. The van der Waals surface area contributed by atoms with E-state index in [0.717, 1.165) is 0 Å². The fourth-order valence-electron chi connectivity index (χ4n) is 0.602. The first-order valence-corrected chi connectivity index (χ1v) is 3.99. The van der Waals surface area contributed by atoms with Crippen LogP contribution < -0.4 is 0 Å². The van der Waals surface area contributed by atoms with Crippen LogP contribution in [0.15, 0.2) is 12.1 Å². The van der Waals surface area contributed by atoms with E-state index in [1.54, 1.807) is 4.74 Å². The van der Waals surface area contributed by atoms with Crippen molar-refractivity contribution >= 4 is 0 Å². The van der Waals surface area contributed by atoms with Crippen molar-refractivity contribution < 1.29 is 66.9 Å². The zero-order chi connectivity index (χ0) is 17.3. The minimum atomic E-state index is -6.87. The summed E-state index contributed by atoms with van der Waals surface area (Å²) < 4.78 is 148. The Morgan fingerprint density at radius 3 is 1.38 bits per heavy atom. The van der Waals surface area contributed by atoms with Crippen molar-refractivity contribution in [3.05, 3.63) is 12.1 Å². The van der Waals surface area contributed by atoms with E-state index >= 15 is 0 Å². The van der Waals surface area contributed by atoms with E-state index in [1.165, 1.54) is 0 Å². The summed E-state index contributed by atoms with van der Waals surface area (Å²) in [6, 6.07) is -10.1. The van der Waals surface area contributed by atoms with Crippen LogP contribution in [-0.4, -0.2) is 24.9 Å². The molecule has 3 nitrogen and oxygen atoms in total. The van der Waals surface area contributed by atoms with Gasteiger partial charge in [-0.1, -0.05) is 0 Å². The van der Waals surface area contributed by atoms with Gasteiger partial charge in [-0.15, -0.1) is 22.0 Å². The number of hydrogen-bond acceptors (Lipinski definition) is 3. The Morgan fingerprint density at radius 1 is 0.667 bits per heavy atom. The molecule has 0 rings (SSSR count). The van der Waals surface area contributed by atoms with Crippen LogP contribution in [0.1, 0.15) is 0 Å². The molecule has 0 heterocycles. The van der Waals surface area contributed by atoms with E-state index in [1.807, 2.05) is 4.74 Å². The molecule has 126 valence electrons. The zero-order valence-corrected chi connectivity index (χ0v) is 8.76. The topological polar surface area (TPSA) is 27.7 Å². The van der Waals surface area contributed by atoms with Crippen molar-refractivity contribution in [3.8, 4) is 0 Å². The van der Waals surface area contributed by atoms with Crippen LogP contribution in [0.2, 0.25) is 0 Å². The smallest absolute Gasteiger partial charge is 0.378 e. The number of hydrogen-bond donors (Lipinski definition) is 0. The Balaban J connectivity index is 5.37. The highest BCUT2D eigenvalue weighted by Crippen LogP contribution is 2.44. The Morgan fingerprint density at radius 2 is 1.10 bits per heavy atom. The average Bonchev–Trinajstić information content (AvgIpc) is 2.09. The first-order valence-electron chi connectivity index (χ1n) is 3.99. The summed E-state index contributed by atoms with van der Waals surface area (Å²) in [4.78, 5) is 0. The van der Waals surface area contributed by atoms with E-state index in [9.17, 15) is 52.7 Å². The molecule has 0 aromatic carbocycles. The maximum atomic E-state index is 12.8. The van der Waals surface area contributed by atoms with Gasteiger partial charge in [-0.05, 0) is 0 Å². The van der Waals surface area contributed by atoms with Gasteiger partial charge in [0.25, 0.3) is 0 Å². The van der Waals surface area contributed by atoms with Gasteiger partial charge in [0.2, 0.25) is 0 Å². The maximum absolute atomic E-state index is 12.8. The fraction of sp³-hybridized carbons (Fsp3) is 0.667. The van der Waals surface area contributed by atoms with Crippen molar-refractivity contribution in [1.82, 2.24) is 0 Å². The number of alkyl halides is 9. The SMILES string of the molecule is FC(F)=C(F)OC(F)(F)OC(F)(OC(F)(F)F)C(F)(F)F. The molecule has 0 aromatic heterocycles. The second kappa shape index (κ2) is 5.78. The lowest BCUT2D eigenvalue weighted by molar-refractivity contribution is -0.574. The molecule has 0 aliphatic rings. The van der Waals surface area contributed by atoms with Crippen LogP contribution in [0.5, 0.6) is 0 Å². The molecule has 21 heavy (non-hydrogen) atoms. The third-order valence-electron chi connectivity index (χ3n) is 1.19. The van der Waals surface area contributed by atoms with Crippen LogP contribution in [0.4, 0.5) is 52.7 Å². The van der Waals surface area contributed by atoms with Gasteiger partial charge >= 0.3 is 37.0 Å². The third-order valence-corrected chi connectivity index (χ3v) is 1.19. The monoisotopic (exact) mass is 348 g/mol. The van der Waals surface area contributed by atoms with Gasteiger partial charge in [0.1, 0.15) is 0 Å². The largest absolute Gasteiger partial charge is 0.541 e. The van der Waals surface area contributed by atoms with E-state index in [0.29, 0.717) is 0 Å². The molecule has 0 saturated heterocycles. The first kappa shape index (κ1) is 19.6. The molecular formula is C6F12O3. The molecule has 0 radical (unpaired) electrons. The second-order valence-electron chi connectivity index (χ2n) is 2.78. The Kier molecular flexibility index (Phi) is 5.40. The van der Waals surface area contributed by atoms with Crippen LogP contribution in [0, 0.1) is 0 Å². The summed E-state index contributed by atoms with van der Waals surface area (Å²) in [6.45, 7) is 0. The van der Waals surface area contributed by atoms with Gasteiger partial charge in [-0.25, -0.2) is 9.47 Å². The van der Waals surface area contributed by atoms with Gasteiger partial charge in [0.05, 0.1) is 0 Å². The predicted molar refractivity (Wildman–Crippen MR) is 34.5 cm³/mol. The summed E-state index contributed by atoms with van der Waals surface area (Å²) in [5, 5.41) is 0. The summed E-state index contributed by atoms with van der Waals surface area (Å²) in [6.07, 6.45) is -23.2. The number of rotatable bonds is 5. The molecule has 15 heteroatoms. The molecule has 0 aromatic rings. The molecular weight excluding hydrogens is 348 g/mol. The minimum absolute atomic E-state index is 1.67. The molecule has 1 atom stereocenters. The third kappa shape index (κ3) is 6.28. The zero-order valence-electron chi connectivity index (χ0n) is 8.76. The van der Waals surface area contributed by atoms with Crippen molar-refractivity contribution in [2.45, 2.75) is 24.9 Å². The van der Waals surface area contributed by atoms with E-state index in [-0.39, 0.29) is 0 Å². The van der Waals surface area contributed by atoms with E-state index < -0.39 is 37.0 Å². The van der Waals surface area contributed by atoms with Crippen LogP contribution in [-0.2, 0) is 14.2 Å². The first-order chi connectivity index (χ1) is 8.99. The Labute approximate surface area is 105 Å². The summed E-state index contributed by atoms with van der Waals surface area (Å²) in [5.74, 6) is 0. The molecule has 0 amide bonds. The van der Waals surface area contributed by atoms with Crippen molar-refractivity contribution in [2.75, 3.05) is 0 Å². The molecule has 1 unspecified atom stereocenters. The van der Waals surface area contributed by atoms with E-state index in [2.05, 4.69) is 4.74 Å². The normalized spacial score (nSPS) is 16.4. The Hall–Kier alpha value is -1.38. The summed E-state index contributed by atoms with van der Waals surface area (Å²) >= 11 is 0. The fourth-order valence-corrected chi connectivity index (χ4v) is 0.602. The summed E-state index contributed by atoms with van der Waals surface area (Å²) in [5.41, 5.74) is 0. The molecule has 0 aliphatic heterocycles.